The Morgan fingerprint density at radius 2 is 1.85 bits per heavy atom. The average molecular weight is 282 g/mol. The van der Waals surface area contributed by atoms with E-state index in [9.17, 15) is 4.79 Å². The molecule has 0 saturated heterocycles. The Hall–Kier alpha value is -1.33. The predicted octanol–water partition coefficient (Wildman–Crippen LogP) is 2.75. The highest BCUT2D eigenvalue weighted by molar-refractivity contribution is 5.84. The summed E-state index contributed by atoms with van der Waals surface area (Å²) in [6, 6.07) is 4.22. The van der Waals surface area contributed by atoms with E-state index in [0.29, 0.717) is 17.8 Å². The zero-order valence-electron chi connectivity index (χ0n) is 13.0. The number of carboxylic acid groups (broad SMARTS) is 1. The van der Waals surface area contributed by atoms with Crippen LogP contribution in [0.2, 0.25) is 0 Å². The van der Waals surface area contributed by atoms with Crippen molar-refractivity contribution in [3.8, 4) is 0 Å². The van der Waals surface area contributed by atoms with E-state index in [4.69, 9.17) is 9.52 Å². The molecule has 1 rings (SSSR count). The molecular formula is C15H26N2O3. The molecule has 0 aliphatic carbocycles. The van der Waals surface area contributed by atoms with Gasteiger partial charge in [0.2, 0.25) is 5.76 Å². The maximum Gasteiger partial charge on any atom is 0.371 e. The van der Waals surface area contributed by atoms with E-state index in [1.54, 1.807) is 6.07 Å². The highest BCUT2D eigenvalue weighted by Gasteiger charge is 2.16. The van der Waals surface area contributed by atoms with E-state index < -0.39 is 5.97 Å². The van der Waals surface area contributed by atoms with E-state index in [0.717, 1.165) is 13.1 Å². The van der Waals surface area contributed by atoms with Gasteiger partial charge in [0.25, 0.3) is 0 Å². The summed E-state index contributed by atoms with van der Waals surface area (Å²) in [5.41, 5.74) is 0. The summed E-state index contributed by atoms with van der Waals surface area (Å²) in [4.78, 5) is 13.2. The van der Waals surface area contributed by atoms with Crippen LogP contribution in [-0.2, 0) is 0 Å². The number of aromatic carboxylic acids is 1. The Labute approximate surface area is 121 Å². The monoisotopic (exact) mass is 282 g/mol. The first-order valence-electron chi connectivity index (χ1n) is 7.15. The first-order chi connectivity index (χ1) is 9.32. The highest BCUT2D eigenvalue weighted by atomic mass is 16.4. The fraction of sp³-hybridized carbons (Fsp3) is 0.667. The molecule has 2 N–H and O–H groups in total. The van der Waals surface area contributed by atoms with Crippen molar-refractivity contribution in [1.29, 1.82) is 0 Å². The molecule has 1 atom stereocenters. The van der Waals surface area contributed by atoms with E-state index in [1.165, 1.54) is 6.07 Å². The summed E-state index contributed by atoms with van der Waals surface area (Å²) >= 11 is 0. The fourth-order valence-electron chi connectivity index (χ4n) is 2.32. The van der Waals surface area contributed by atoms with Gasteiger partial charge < -0.3 is 14.8 Å². The third-order valence-electron chi connectivity index (χ3n) is 3.41. The van der Waals surface area contributed by atoms with Crippen molar-refractivity contribution in [2.45, 2.75) is 52.7 Å². The quantitative estimate of drug-likeness (QED) is 0.767. The second-order valence-electron chi connectivity index (χ2n) is 5.61. The number of hydrogen-bond acceptors (Lipinski definition) is 4. The molecular weight excluding hydrogens is 256 g/mol. The standard InChI is InChI=1S/C15H26N2O3/c1-10(2)17(11(3)4)9-8-16-12(5)13-6-7-14(20-13)15(18)19/h6-7,10-12,16H,8-9H2,1-5H3,(H,18,19). The van der Waals surface area contributed by atoms with Gasteiger partial charge in [0.05, 0.1) is 6.04 Å². The second kappa shape index (κ2) is 7.45. The predicted molar refractivity (Wildman–Crippen MR) is 79.1 cm³/mol. The van der Waals surface area contributed by atoms with Gasteiger partial charge in [-0.05, 0) is 46.8 Å². The number of rotatable bonds is 8. The van der Waals surface area contributed by atoms with Crippen LogP contribution in [0.5, 0.6) is 0 Å². The molecule has 0 amide bonds. The van der Waals surface area contributed by atoms with Crippen LogP contribution in [0.15, 0.2) is 16.5 Å². The Morgan fingerprint density at radius 3 is 2.30 bits per heavy atom. The van der Waals surface area contributed by atoms with Crippen LogP contribution in [0.4, 0.5) is 0 Å². The molecule has 5 nitrogen and oxygen atoms in total. The van der Waals surface area contributed by atoms with Gasteiger partial charge in [-0.3, -0.25) is 4.90 Å². The normalized spacial score (nSPS) is 13.4. The van der Waals surface area contributed by atoms with Crippen molar-refractivity contribution in [3.63, 3.8) is 0 Å². The number of carbonyl (C=O) groups is 1. The zero-order chi connectivity index (χ0) is 15.3. The van der Waals surface area contributed by atoms with Gasteiger partial charge in [-0.15, -0.1) is 0 Å². The molecule has 20 heavy (non-hydrogen) atoms. The molecule has 0 bridgehead atoms. The van der Waals surface area contributed by atoms with Gasteiger partial charge in [0, 0.05) is 25.2 Å². The van der Waals surface area contributed by atoms with Crippen molar-refractivity contribution >= 4 is 5.97 Å². The average Bonchev–Trinajstić information content (AvgIpc) is 2.82. The first-order valence-corrected chi connectivity index (χ1v) is 7.15. The summed E-state index contributed by atoms with van der Waals surface area (Å²) in [5, 5.41) is 12.2. The largest absolute Gasteiger partial charge is 0.475 e. The molecule has 1 aromatic heterocycles. The summed E-state index contributed by atoms with van der Waals surface area (Å²) in [6.07, 6.45) is 0. The zero-order valence-corrected chi connectivity index (χ0v) is 13.0. The lowest BCUT2D eigenvalue weighted by Gasteiger charge is -2.30. The molecule has 1 unspecified atom stereocenters. The second-order valence-corrected chi connectivity index (χ2v) is 5.61. The van der Waals surface area contributed by atoms with Crippen LogP contribution in [0.25, 0.3) is 0 Å². The Morgan fingerprint density at radius 1 is 1.25 bits per heavy atom. The molecule has 0 saturated carbocycles. The van der Waals surface area contributed by atoms with Crippen molar-refractivity contribution < 1.29 is 14.3 Å². The van der Waals surface area contributed by atoms with Crippen LogP contribution in [0.1, 0.15) is 57.0 Å². The molecule has 5 heteroatoms. The summed E-state index contributed by atoms with van der Waals surface area (Å²) in [5.74, 6) is -0.392. The Balaban J connectivity index is 2.46. The number of carboxylic acids is 1. The van der Waals surface area contributed by atoms with E-state index in [-0.39, 0.29) is 11.8 Å². The smallest absolute Gasteiger partial charge is 0.371 e. The van der Waals surface area contributed by atoms with Gasteiger partial charge in [0.1, 0.15) is 5.76 Å². The summed E-state index contributed by atoms with van der Waals surface area (Å²) in [6.45, 7) is 12.5. The summed E-state index contributed by atoms with van der Waals surface area (Å²) < 4.78 is 5.28. The van der Waals surface area contributed by atoms with Crippen LogP contribution in [0.3, 0.4) is 0 Å². The Kier molecular flexibility index (Phi) is 6.23. The van der Waals surface area contributed by atoms with Gasteiger partial charge in [0.15, 0.2) is 0 Å². The lowest BCUT2D eigenvalue weighted by molar-refractivity contribution is 0.0659. The Bertz CT molecular complexity index is 419. The van der Waals surface area contributed by atoms with Crippen molar-refractivity contribution in [1.82, 2.24) is 10.2 Å². The van der Waals surface area contributed by atoms with Gasteiger partial charge in [-0.2, -0.15) is 0 Å². The maximum atomic E-state index is 10.8. The van der Waals surface area contributed by atoms with Gasteiger partial charge >= 0.3 is 5.97 Å². The lowest BCUT2D eigenvalue weighted by atomic mass is 10.2. The first kappa shape index (κ1) is 16.7. The number of hydrogen-bond donors (Lipinski definition) is 2. The third-order valence-corrected chi connectivity index (χ3v) is 3.41. The van der Waals surface area contributed by atoms with Gasteiger partial charge in [-0.25, -0.2) is 4.79 Å². The molecule has 1 aromatic rings. The van der Waals surface area contributed by atoms with Crippen molar-refractivity contribution in [2.75, 3.05) is 13.1 Å². The third kappa shape index (κ3) is 4.65. The van der Waals surface area contributed by atoms with Crippen LogP contribution in [-0.4, -0.2) is 41.1 Å². The number of nitrogens with one attached hydrogen (secondary N) is 1. The molecule has 0 aliphatic heterocycles. The van der Waals surface area contributed by atoms with Crippen LogP contribution >= 0.6 is 0 Å². The molecule has 0 fully saturated rings. The number of nitrogens with zero attached hydrogens (tertiary/aromatic N) is 1. The molecule has 0 aliphatic rings. The molecule has 0 aromatic carbocycles. The summed E-state index contributed by atoms with van der Waals surface area (Å²) in [7, 11) is 0. The lowest BCUT2D eigenvalue weighted by Crippen LogP contribution is -2.41. The maximum absolute atomic E-state index is 10.8. The minimum Gasteiger partial charge on any atom is -0.475 e. The molecule has 0 spiro atoms. The SMILES string of the molecule is CC(NCCN(C(C)C)C(C)C)c1ccc(C(=O)O)o1. The number of furan rings is 1. The van der Waals surface area contributed by atoms with Crippen molar-refractivity contribution in [2.24, 2.45) is 0 Å². The topological polar surface area (TPSA) is 65.7 Å². The molecule has 0 radical (unpaired) electrons. The molecule has 1 heterocycles. The fourth-order valence-corrected chi connectivity index (χ4v) is 2.32. The van der Waals surface area contributed by atoms with E-state index >= 15 is 0 Å². The van der Waals surface area contributed by atoms with E-state index in [2.05, 4.69) is 37.9 Å². The van der Waals surface area contributed by atoms with Crippen LogP contribution < -0.4 is 5.32 Å². The van der Waals surface area contributed by atoms with Crippen molar-refractivity contribution in [3.05, 3.63) is 23.7 Å². The minimum absolute atomic E-state index is 0.00396. The highest BCUT2D eigenvalue weighted by Crippen LogP contribution is 2.16. The minimum atomic E-state index is -1.03. The van der Waals surface area contributed by atoms with E-state index in [1.807, 2.05) is 6.92 Å². The van der Waals surface area contributed by atoms with Crippen LogP contribution in [0, 0.1) is 0 Å². The van der Waals surface area contributed by atoms with Gasteiger partial charge in [-0.1, -0.05) is 0 Å². The molecule has 114 valence electrons.